The second kappa shape index (κ2) is 10.3. The Morgan fingerprint density at radius 3 is 1.89 bits per heavy atom. The van der Waals surface area contributed by atoms with Crippen LogP contribution in [-0.4, -0.2) is 30.1 Å². The average Bonchev–Trinajstić information content (AvgIpc) is 2.40. The highest BCUT2D eigenvalue weighted by Crippen LogP contribution is 2.13. The highest BCUT2D eigenvalue weighted by molar-refractivity contribution is 5.03. The number of nitriles is 1. The van der Waals surface area contributed by atoms with Gasteiger partial charge in [0.05, 0.1) is 6.07 Å². The number of hydrogen-bond donors (Lipinski definition) is 1. The largest absolute Gasteiger partial charge is 0.313 e. The summed E-state index contributed by atoms with van der Waals surface area (Å²) in [4.78, 5) is 2.53. The molecule has 0 rings (SSSR count). The fraction of sp³-hybridized carbons (Fsp3) is 0.933. The smallest absolute Gasteiger partial charge is 0.104 e. The standard InChI is InChI=1S/C15H31N3/c1-4-7-11-18(12-8-5-2)13-9-10-15(17,6-3)14-16/h4-13,17H2,1-3H3. The average molecular weight is 253 g/mol. The molecule has 0 heterocycles. The Kier molecular flexibility index (Phi) is 10.0. The summed E-state index contributed by atoms with van der Waals surface area (Å²) in [6.07, 6.45) is 7.62. The molecule has 0 aliphatic heterocycles. The van der Waals surface area contributed by atoms with Crippen LogP contribution in [0.3, 0.4) is 0 Å². The van der Waals surface area contributed by atoms with Gasteiger partial charge in [-0.3, -0.25) is 0 Å². The molecule has 0 saturated carbocycles. The monoisotopic (exact) mass is 253 g/mol. The number of nitrogens with two attached hydrogens (primary N) is 1. The van der Waals surface area contributed by atoms with Crippen molar-refractivity contribution in [1.82, 2.24) is 4.90 Å². The van der Waals surface area contributed by atoms with Gasteiger partial charge >= 0.3 is 0 Å². The lowest BCUT2D eigenvalue weighted by Gasteiger charge is -2.24. The normalized spacial score (nSPS) is 14.4. The first-order valence-electron chi connectivity index (χ1n) is 7.54. The van der Waals surface area contributed by atoms with E-state index in [0.717, 1.165) is 25.8 Å². The molecule has 0 saturated heterocycles. The van der Waals surface area contributed by atoms with Crippen molar-refractivity contribution in [2.75, 3.05) is 19.6 Å². The number of unbranched alkanes of at least 4 members (excludes halogenated alkanes) is 2. The summed E-state index contributed by atoms with van der Waals surface area (Å²) in [6, 6.07) is 2.25. The zero-order chi connectivity index (χ0) is 13.9. The molecule has 0 amide bonds. The van der Waals surface area contributed by atoms with Gasteiger partial charge in [-0.15, -0.1) is 0 Å². The molecule has 1 atom stereocenters. The van der Waals surface area contributed by atoms with E-state index in [9.17, 15) is 0 Å². The van der Waals surface area contributed by atoms with Crippen molar-refractivity contribution >= 4 is 0 Å². The van der Waals surface area contributed by atoms with Crippen LogP contribution in [0.2, 0.25) is 0 Å². The van der Waals surface area contributed by atoms with Crippen LogP contribution in [-0.2, 0) is 0 Å². The molecule has 106 valence electrons. The lowest BCUT2D eigenvalue weighted by Crippen LogP contribution is -2.38. The Labute approximate surface area is 113 Å². The van der Waals surface area contributed by atoms with E-state index in [1.807, 2.05) is 6.92 Å². The van der Waals surface area contributed by atoms with E-state index in [-0.39, 0.29) is 0 Å². The highest BCUT2D eigenvalue weighted by atomic mass is 15.1. The molecule has 0 bridgehead atoms. The molecule has 3 heteroatoms. The van der Waals surface area contributed by atoms with Crippen molar-refractivity contribution in [3.63, 3.8) is 0 Å². The van der Waals surface area contributed by atoms with Crippen LogP contribution in [0, 0.1) is 11.3 Å². The van der Waals surface area contributed by atoms with Crippen LogP contribution < -0.4 is 5.73 Å². The van der Waals surface area contributed by atoms with Gasteiger partial charge in [-0.2, -0.15) is 5.26 Å². The predicted octanol–water partition coefficient (Wildman–Crippen LogP) is 3.30. The van der Waals surface area contributed by atoms with E-state index < -0.39 is 5.54 Å². The Balaban J connectivity index is 3.97. The van der Waals surface area contributed by atoms with Gasteiger partial charge in [0.2, 0.25) is 0 Å². The molecule has 3 nitrogen and oxygen atoms in total. The molecule has 0 spiro atoms. The lowest BCUT2D eigenvalue weighted by atomic mass is 9.93. The van der Waals surface area contributed by atoms with Crippen molar-refractivity contribution in [3.05, 3.63) is 0 Å². The van der Waals surface area contributed by atoms with Crippen LogP contribution in [0.5, 0.6) is 0 Å². The van der Waals surface area contributed by atoms with Crippen LogP contribution in [0.25, 0.3) is 0 Å². The molecule has 0 fully saturated rings. The van der Waals surface area contributed by atoms with Crippen molar-refractivity contribution in [1.29, 1.82) is 5.26 Å². The van der Waals surface area contributed by atoms with E-state index in [1.54, 1.807) is 0 Å². The van der Waals surface area contributed by atoms with E-state index in [0.29, 0.717) is 0 Å². The molecule has 0 aliphatic rings. The van der Waals surface area contributed by atoms with Gasteiger partial charge < -0.3 is 10.6 Å². The van der Waals surface area contributed by atoms with Crippen molar-refractivity contribution in [2.24, 2.45) is 5.73 Å². The number of rotatable bonds is 11. The third-order valence-corrected chi connectivity index (χ3v) is 3.61. The summed E-state index contributed by atoms with van der Waals surface area (Å²) in [5.41, 5.74) is 5.39. The minimum atomic E-state index is -0.610. The first kappa shape index (κ1) is 17.4. The molecular weight excluding hydrogens is 222 g/mol. The molecule has 0 radical (unpaired) electrons. The summed E-state index contributed by atoms with van der Waals surface area (Å²) in [7, 11) is 0. The summed E-state index contributed by atoms with van der Waals surface area (Å²) < 4.78 is 0. The number of nitrogens with zero attached hydrogens (tertiary/aromatic N) is 2. The molecule has 0 aromatic rings. The Morgan fingerprint density at radius 2 is 1.50 bits per heavy atom. The van der Waals surface area contributed by atoms with Crippen LogP contribution in [0.15, 0.2) is 0 Å². The van der Waals surface area contributed by atoms with Crippen LogP contribution in [0.4, 0.5) is 0 Å². The van der Waals surface area contributed by atoms with Gasteiger partial charge in [-0.05, 0) is 51.7 Å². The minimum absolute atomic E-state index is 0.610. The van der Waals surface area contributed by atoms with E-state index >= 15 is 0 Å². The maximum Gasteiger partial charge on any atom is 0.104 e. The maximum absolute atomic E-state index is 9.04. The van der Waals surface area contributed by atoms with Gasteiger partial charge in [0, 0.05) is 0 Å². The van der Waals surface area contributed by atoms with E-state index in [1.165, 1.54) is 38.8 Å². The third-order valence-electron chi connectivity index (χ3n) is 3.61. The van der Waals surface area contributed by atoms with Crippen molar-refractivity contribution in [2.45, 2.75) is 71.3 Å². The summed E-state index contributed by atoms with van der Waals surface area (Å²) in [6.45, 7) is 9.92. The molecule has 0 aliphatic carbocycles. The zero-order valence-electron chi connectivity index (χ0n) is 12.5. The minimum Gasteiger partial charge on any atom is -0.313 e. The molecule has 2 N–H and O–H groups in total. The topological polar surface area (TPSA) is 53.0 Å². The molecule has 0 aromatic carbocycles. The van der Waals surface area contributed by atoms with Gasteiger partial charge in [-0.25, -0.2) is 0 Å². The van der Waals surface area contributed by atoms with Gasteiger partial charge in [-0.1, -0.05) is 33.6 Å². The molecule has 1 unspecified atom stereocenters. The molecule has 0 aromatic heterocycles. The molecule has 18 heavy (non-hydrogen) atoms. The van der Waals surface area contributed by atoms with Gasteiger partial charge in [0.15, 0.2) is 0 Å². The Morgan fingerprint density at radius 1 is 1.00 bits per heavy atom. The fourth-order valence-corrected chi connectivity index (χ4v) is 2.03. The van der Waals surface area contributed by atoms with Crippen LogP contribution >= 0.6 is 0 Å². The number of hydrogen-bond acceptors (Lipinski definition) is 3. The van der Waals surface area contributed by atoms with Gasteiger partial charge in [0.25, 0.3) is 0 Å². The third kappa shape index (κ3) is 7.68. The van der Waals surface area contributed by atoms with Crippen molar-refractivity contribution in [3.8, 4) is 6.07 Å². The first-order valence-corrected chi connectivity index (χ1v) is 7.54. The maximum atomic E-state index is 9.04. The SMILES string of the molecule is CCCCN(CCCC)CCCC(N)(C#N)CC. The van der Waals surface area contributed by atoms with E-state index in [4.69, 9.17) is 11.0 Å². The summed E-state index contributed by atoms with van der Waals surface area (Å²) in [5, 5.41) is 9.04. The quantitative estimate of drug-likeness (QED) is 0.614. The predicted molar refractivity (Wildman–Crippen MR) is 78.3 cm³/mol. The van der Waals surface area contributed by atoms with Crippen molar-refractivity contribution < 1.29 is 0 Å². The lowest BCUT2D eigenvalue weighted by molar-refractivity contribution is 0.252. The highest BCUT2D eigenvalue weighted by Gasteiger charge is 2.21. The summed E-state index contributed by atoms with van der Waals surface area (Å²) >= 11 is 0. The second-order valence-corrected chi connectivity index (χ2v) is 5.27. The Hall–Kier alpha value is -0.590. The Bertz CT molecular complexity index is 226. The molecular formula is C15H31N3. The zero-order valence-corrected chi connectivity index (χ0v) is 12.5. The summed E-state index contributed by atoms with van der Waals surface area (Å²) in [5.74, 6) is 0. The van der Waals surface area contributed by atoms with Crippen LogP contribution in [0.1, 0.15) is 65.7 Å². The second-order valence-electron chi connectivity index (χ2n) is 5.27. The fourth-order valence-electron chi connectivity index (χ4n) is 2.03. The van der Waals surface area contributed by atoms with Gasteiger partial charge in [0.1, 0.15) is 5.54 Å². The van der Waals surface area contributed by atoms with E-state index in [2.05, 4.69) is 24.8 Å². The first-order chi connectivity index (χ1) is 8.61.